The SMILES string of the molecule is Nc1ncnc(N/N=C/c2ccccc2C(F)(F)F)c1[N+](=O)[O-]. The number of anilines is 2. The van der Waals surface area contributed by atoms with Crippen LogP contribution in [0, 0.1) is 10.1 Å². The van der Waals surface area contributed by atoms with Crippen molar-refractivity contribution in [2.75, 3.05) is 11.2 Å². The van der Waals surface area contributed by atoms with Crippen LogP contribution in [0.3, 0.4) is 0 Å². The lowest BCUT2D eigenvalue weighted by atomic mass is 10.1. The molecule has 2 rings (SSSR count). The Bertz CT molecular complexity index is 763. The maximum atomic E-state index is 12.8. The van der Waals surface area contributed by atoms with Gasteiger partial charge in [-0.1, -0.05) is 18.2 Å². The molecule has 0 fully saturated rings. The molecule has 1 heterocycles. The number of halogens is 3. The lowest BCUT2D eigenvalue weighted by molar-refractivity contribution is -0.383. The van der Waals surface area contributed by atoms with Gasteiger partial charge in [-0.05, 0) is 6.07 Å². The molecule has 0 saturated carbocycles. The highest BCUT2D eigenvalue weighted by Gasteiger charge is 2.32. The van der Waals surface area contributed by atoms with Crippen LogP contribution >= 0.6 is 0 Å². The summed E-state index contributed by atoms with van der Waals surface area (Å²) in [5.74, 6) is -0.721. The van der Waals surface area contributed by atoms with E-state index in [0.717, 1.165) is 18.6 Å². The van der Waals surface area contributed by atoms with E-state index in [-0.39, 0.29) is 11.4 Å². The van der Waals surface area contributed by atoms with Gasteiger partial charge < -0.3 is 5.73 Å². The van der Waals surface area contributed by atoms with Gasteiger partial charge in [-0.2, -0.15) is 18.3 Å². The van der Waals surface area contributed by atoms with Crippen LogP contribution in [0.25, 0.3) is 0 Å². The molecule has 0 amide bonds. The normalized spacial score (nSPS) is 11.6. The average molecular weight is 326 g/mol. The van der Waals surface area contributed by atoms with Crippen molar-refractivity contribution < 1.29 is 18.1 Å². The molecule has 0 unspecified atom stereocenters. The molecule has 0 aliphatic carbocycles. The van der Waals surface area contributed by atoms with Crippen molar-refractivity contribution in [3.63, 3.8) is 0 Å². The molecule has 0 spiro atoms. The van der Waals surface area contributed by atoms with Crippen LogP contribution in [-0.4, -0.2) is 21.1 Å². The number of hydrogen-bond acceptors (Lipinski definition) is 7. The fourth-order valence-electron chi connectivity index (χ4n) is 1.68. The van der Waals surface area contributed by atoms with Crippen molar-refractivity contribution in [2.45, 2.75) is 6.18 Å². The van der Waals surface area contributed by atoms with E-state index >= 15 is 0 Å². The highest BCUT2D eigenvalue weighted by Crippen LogP contribution is 2.31. The van der Waals surface area contributed by atoms with E-state index in [9.17, 15) is 23.3 Å². The Morgan fingerprint density at radius 3 is 2.65 bits per heavy atom. The van der Waals surface area contributed by atoms with E-state index in [1.165, 1.54) is 18.2 Å². The Morgan fingerprint density at radius 2 is 2.00 bits per heavy atom. The summed E-state index contributed by atoms with van der Waals surface area (Å²) in [5, 5.41) is 14.4. The zero-order valence-electron chi connectivity index (χ0n) is 11.3. The predicted octanol–water partition coefficient (Wildman–Crippen LogP) is 2.43. The van der Waals surface area contributed by atoms with E-state index in [1.807, 2.05) is 0 Å². The lowest BCUT2D eigenvalue weighted by Gasteiger charge is -2.09. The third kappa shape index (κ3) is 3.70. The van der Waals surface area contributed by atoms with Crippen LogP contribution in [0.15, 0.2) is 35.7 Å². The van der Waals surface area contributed by atoms with Crippen LogP contribution in [-0.2, 0) is 6.18 Å². The Morgan fingerprint density at radius 1 is 1.30 bits per heavy atom. The highest BCUT2D eigenvalue weighted by molar-refractivity contribution is 5.83. The standard InChI is InChI=1S/C12H9F3N6O2/c13-12(14,15)8-4-2-1-3-7(8)5-19-20-11-9(21(22)23)10(16)17-6-18-11/h1-6H,(H3,16,17,18,20)/b19-5+. The number of nitrogens with two attached hydrogens (primary N) is 1. The number of alkyl halides is 3. The Kier molecular flexibility index (Phi) is 4.39. The van der Waals surface area contributed by atoms with E-state index in [2.05, 4.69) is 20.5 Å². The minimum atomic E-state index is -4.55. The van der Waals surface area contributed by atoms with E-state index in [1.54, 1.807) is 0 Å². The Hall–Kier alpha value is -3.24. The van der Waals surface area contributed by atoms with Crippen LogP contribution in [0.1, 0.15) is 11.1 Å². The van der Waals surface area contributed by atoms with E-state index in [0.29, 0.717) is 0 Å². The zero-order valence-corrected chi connectivity index (χ0v) is 11.3. The molecular weight excluding hydrogens is 317 g/mol. The van der Waals surface area contributed by atoms with Crippen molar-refractivity contribution >= 4 is 23.5 Å². The molecule has 2 aromatic rings. The molecule has 1 aromatic carbocycles. The smallest absolute Gasteiger partial charge is 0.378 e. The third-order valence-corrected chi connectivity index (χ3v) is 2.67. The molecule has 23 heavy (non-hydrogen) atoms. The maximum absolute atomic E-state index is 12.8. The molecular formula is C12H9F3N6O2. The quantitative estimate of drug-likeness (QED) is 0.506. The van der Waals surface area contributed by atoms with Gasteiger partial charge >= 0.3 is 11.9 Å². The minimum Gasteiger partial charge on any atom is -0.378 e. The largest absolute Gasteiger partial charge is 0.417 e. The zero-order chi connectivity index (χ0) is 17.0. The number of hydrazone groups is 1. The van der Waals surface area contributed by atoms with Crippen LogP contribution in [0.2, 0.25) is 0 Å². The predicted molar refractivity (Wildman–Crippen MR) is 75.8 cm³/mol. The fraction of sp³-hybridized carbons (Fsp3) is 0.0833. The topological polar surface area (TPSA) is 119 Å². The molecule has 0 aliphatic heterocycles. The van der Waals surface area contributed by atoms with Gasteiger partial charge in [0, 0.05) is 5.56 Å². The molecule has 120 valence electrons. The molecule has 3 N–H and O–H groups in total. The summed E-state index contributed by atoms with van der Waals surface area (Å²) < 4.78 is 38.4. The van der Waals surface area contributed by atoms with Crippen LogP contribution < -0.4 is 11.2 Å². The summed E-state index contributed by atoms with van der Waals surface area (Å²) in [5.41, 5.74) is 5.83. The Balaban J connectivity index is 2.28. The first-order valence-electron chi connectivity index (χ1n) is 6.01. The number of rotatable bonds is 4. The molecule has 0 bridgehead atoms. The fourth-order valence-corrected chi connectivity index (χ4v) is 1.68. The average Bonchev–Trinajstić information content (AvgIpc) is 2.46. The third-order valence-electron chi connectivity index (χ3n) is 2.67. The summed E-state index contributed by atoms with van der Waals surface area (Å²) in [4.78, 5) is 17.1. The number of hydrogen-bond donors (Lipinski definition) is 2. The second kappa shape index (κ2) is 6.25. The van der Waals surface area contributed by atoms with Gasteiger partial charge in [-0.15, -0.1) is 0 Å². The highest BCUT2D eigenvalue weighted by atomic mass is 19.4. The number of nitrogens with zero attached hydrogens (tertiary/aromatic N) is 4. The van der Waals surface area contributed by atoms with E-state index in [4.69, 9.17) is 5.73 Å². The van der Waals surface area contributed by atoms with Gasteiger partial charge in [0.05, 0.1) is 16.7 Å². The van der Waals surface area contributed by atoms with Gasteiger partial charge in [-0.3, -0.25) is 15.5 Å². The first-order valence-corrected chi connectivity index (χ1v) is 6.01. The summed E-state index contributed by atoms with van der Waals surface area (Å²) in [7, 11) is 0. The minimum absolute atomic E-state index is 0.211. The van der Waals surface area contributed by atoms with Gasteiger partial charge in [0.25, 0.3) is 0 Å². The Labute approximate surface area is 127 Å². The second-order valence-electron chi connectivity index (χ2n) is 4.17. The van der Waals surface area contributed by atoms with Crippen molar-refractivity contribution in [1.29, 1.82) is 0 Å². The summed E-state index contributed by atoms with van der Waals surface area (Å²) in [6.45, 7) is 0. The first kappa shape index (κ1) is 16.1. The second-order valence-corrected chi connectivity index (χ2v) is 4.17. The van der Waals surface area contributed by atoms with Crippen molar-refractivity contribution in [3.05, 3.63) is 51.8 Å². The number of nitrogens with one attached hydrogen (secondary N) is 1. The van der Waals surface area contributed by atoms with E-state index < -0.39 is 28.2 Å². The van der Waals surface area contributed by atoms with Crippen molar-refractivity contribution in [3.8, 4) is 0 Å². The molecule has 0 atom stereocenters. The summed E-state index contributed by atoms with van der Waals surface area (Å²) in [6.07, 6.45) is -2.71. The van der Waals surface area contributed by atoms with Crippen LogP contribution in [0.4, 0.5) is 30.5 Å². The number of nitro groups is 1. The van der Waals surface area contributed by atoms with Gasteiger partial charge in [0.1, 0.15) is 6.33 Å². The summed E-state index contributed by atoms with van der Waals surface area (Å²) in [6, 6.07) is 4.74. The lowest BCUT2D eigenvalue weighted by Crippen LogP contribution is -2.09. The first-order chi connectivity index (χ1) is 10.8. The molecule has 0 saturated heterocycles. The monoisotopic (exact) mass is 326 g/mol. The number of aromatic nitrogens is 2. The van der Waals surface area contributed by atoms with Gasteiger partial charge in [0.15, 0.2) is 0 Å². The number of benzene rings is 1. The number of nitrogen functional groups attached to an aromatic ring is 1. The van der Waals surface area contributed by atoms with Crippen LogP contribution in [0.5, 0.6) is 0 Å². The molecule has 1 aromatic heterocycles. The summed E-state index contributed by atoms with van der Waals surface area (Å²) >= 11 is 0. The van der Waals surface area contributed by atoms with Gasteiger partial charge in [-0.25, -0.2) is 9.97 Å². The van der Waals surface area contributed by atoms with Crippen molar-refractivity contribution in [2.24, 2.45) is 5.10 Å². The molecule has 0 radical (unpaired) electrons. The van der Waals surface area contributed by atoms with Gasteiger partial charge in [0.2, 0.25) is 11.6 Å². The molecule has 0 aliphatic rings. The van der Waals surface area contributed by atoms with Crippen molar-refractivity contribution in [1.82, 2.24) is 9.97 Å². The molecule has 8 nitrogen and oxygen atoms in total. The molecule has 11 heteroatoms. The maximum Gasteiger partial charge on any atom is 0.417 e.